The zero-order chi connectivity index (χ0) is 24.9. The zero-order valence-electron chi connectivity index (χ0n) is 19.8. The lowest BCUT2D eigenvalue weighted by Gasteiger charge is -2.24. The van der Waals surface area contributed by atoms with Crippen molar-refractivity contribution in [3.8, 4) is 11.1 Å². The van der Waals surface area contributed by atoms with E-state index < -0.39 is 17.6 Å². The van der Waals surface area contributed by atoms with Crippen molar-refractivity contribution >= 4 is 23.4 Å². The highest BCUT2D eigenvalue weighted by molar-refractivity contribution is 5.99. The van der Waals surface area contributed by atoms with E-state index in [1.54, 1.807) is 43.4 Å². The highest BCUT2D eigenvalue weighted by Gasteiger charge is 2.26. The SMILES string of the molecule is CNC(=O)C(Nc1ccc(C(=N)N)cc1)c1ccccc1-c1ccccc1C(=O)OC(C)(C)C. The molecule has 5 N–H and O–H groups in total. The average Bonchev–Trinajstić information content (AvgIpc) is 2.81. The van der Waals surface area contributed by atoms with Gasteiger partial charge in [-0.15, -0.1) is 0 Å². The molecule has 3 aromatic carbocycles. The molecule has 0 saturated heterocycles. The van der Waals surface area contributed by atoms with Crippen LogP contribution in [0.4, 0.5) is 5.69 Å². The van der Waals surface area contributed by atoms with Gasteiger partial charge in [-0.1, -0.05) is 42.5 Å². The third-order valence-corrected chi connectivity index (χ3v) is 5.12. The standard InChI is InChI=1S/C27H30N4O3/c1-27(2,3)34-26(33)22-12-8-6-10-20(22)19-9-5-7-11-21(19)23(25(32)30-4)31-18-15-13-17(14-16-18)24(28)29/h5-16,23,31H,1-4H3,(H3,28,29)(H,30,32). The fourth-order valence-electron chi connectivity index (χ4n) is 3.56. The predicted octanol–water partition coefficient (Wildman–Crippen LogP) is 4.49. The molecule has 0 aliphatic carbocycles. The summed E-state index contributed by atoms with van der Waals surface area (Å²) in [5.74, 6) is -0.696. The predicted molar refractivity (Wildman–Crippen MR) is 135 cm³/mol. The fraction of sp³-hybridized carbons (Fsp3) is 0.222. The number of esters is 1. The van der Waals surface area contributed by atoms with Crippen LogP contribution in [-0.4, -0.2) is 30.4 Å². The molecule has 0 aliphatic heterocycles. The molecular weight excluding hydrogens is 428 g/mol. The zero-order valence-corrected chi connectivity index (χ0v) is 19.8. The highest BCUT2D eigenvalue weighted by Crippen LogP contribution is 2.33. The first-order chi connectivity index (χ1) is 16.1. The van der Waals surface area contributed by atoms with Crippen molar-refractivity contribution in [2.75, 3.05) is 12.4 Å². The normalized spacial score (nSPS) is 11.9. The molecule has 3 aromatic rings. The Balaban J connectivity index is 2.07. The van der Waals surface area contributed by atoms with Crippen LogP contribution >= 0.6 is 0 Å². The first-order valence-corrected chi connectivity index (χ1v) is 10.9. The Hall–Kier alpha value is -4.13. The topological polar surface area (TPSA) is 117 Å². The second-order valence-electron chi connectivity index (χ2n) is 8.82. The Labute approximate surface area is 199 Å². The maximum absolute atomic E-state index is 13.0. The molecule has 1 unspecified atom stereocenters. The molecule has 7 heteroatoms. The first-order valence-electron chi connectivity index (χ1n) is 10.9. The number of likely N-dealkylation sites (N-methyl/N-ethyl adjacent to an activating group) is 1. The molecule has 0 radical (unpaired) electrons. The number of amidine groups is 1. The highest BCUT2D eigenvalue weighted by atomic mass is 16.6. The number of nitrogen functional groups attached to an aromatic ring is 1. The van der Waals surface area contributed by atoms with Crippen LogP contribution in [-0.2, 0) is 9.53 Å². The number of hydrogen-bond donors (Lipinski definition) is 4. The number of nitrogens with one attached hydrogen (secondary N) is 3. The number of benzene rings is 3. The fourth-order valence-corrected chi connectivity index (χ4v) is 3.56. The second-order valence-corrected chi connectivity index (χ2v) is 8.82. The number of rotatable bonds is 7. The van der Waals surface area contributed by atoms with Crippen molar-refractivity contribution < 1.29 is 14.3 Å². The summed E-state index contributed by atoms with van der Waals surface area (Å²) in [7, 11) is 1.58. The van der Waals surface area contributed by atoms with Gasteiger partial charge in [0.2, 0.25) is 5.91 Å². The van der Waals surface area contributed by atoms with Crippen molar-refractivity contribution in [3.63, 3.8) is 0 Å². The molecule has 3 rings (SSSR count). The van der Waals surface area contributed by atoms with Crippen LogP contribution in [0.2, 0.25) is 0 Å². The maximum atomic E-state index is 13.0. The molecule has 0 aromatic heterocycles. The maximum Gasteiger partial charge on any atom is 0.339 e. The van der Waals surface area contributed by atoms with Gasteiger partial charge >= 0.3 is 5.97 Å². The van der Waals surface area contributed by atoms with Gasteiger partial charge in [0, 0.05) is 18.3 Å². The van der Waals surface area contributed by atoms with Gasteiger partial charge in [0.15, 0.2) is 0 Å². The lowest BCUT2D eigenvalue weighted by Crippen LogP contribution is -2.31. The van der Waals surface area contributed by atoms with E-state index in [0.29, 0.717) is 27.9 Å². The third kappa shape index (κ3) is 5.81. The number of ether oxygens (including phenoxy) is 1. The molecule has 0 heterocycles. The summed E-state index contributed by atoms with van der Waals surface area (Å²) in [6, 6.07) is 20.9. The Bertz CT molecular complexity index is 1200. The summed E-state index contributed by atoms with van der Waals surface area (Å²) in [5, 5.41) is 13.6. The van der Waals surface area contributed by atoms with E-state index in [0.717, 1.165) is 5.56 Å². The van der Waals surface area contributed by atoms with E-state index in [9.17, 15) is 9.59 Å². The van der Waals surface area contributed by atoms with E-state index >= 15 is 0 Å². The molecular formula is C27H30N4O3. The van der Waals surface area contributed by atoms with Crippen LogP contribution in [0.1, 0.15) is 48.3 Å². The van der Waals surface area contributed by atoms with Gasteiger partial charge in [-0.2, -0.15) is 0 Å². The number of hydrogen-bond acceptors (Lipinski definition) is 5. The quantitative estimate of drug-likeness (QED) is 0.236. The lowest BCUT2D eigenvalue weighted by atomic mass is 9.91. The minimum atomic E-state index is -0.740. The average molecular weight is 459 g/mol. The van der Waals surface area contributed by atoms with E-state index in [2.05, 4.69) is 10.6 Å². The van der Waals surface area contributed by atoms with Crippen molar-refractivity contribution in [1.29, 1.82) is 5.41 Å². The van der Waals surface area contributed by atoms with Crippen LogP contribution in [0.5, 0.6) is 0 Å². The summed E-state index contributed by atoms with van der Waals surface area (Å²) in [6.45, 7) is 5.47. The summed E-state index contributed by atoms with van der Waals surface area (Å²) < 4.78 is 5.62. The monoisotopic (exact) mass is 458 g/mol. The van der Waals surface area contributed by atoms with Crippen LogP contribution in [0.15, 0.2) is 72.8 Å². The largest absolute Gasteiger partial charge is 0.456 e. The van der Waals surface area contributed by atoms with Gasteiger partial charge in [0.25, 0.3) is 0 Å². The molecule has 0 aliphatic rings. The van der Waals surface area contributed by atoms with Gasteiger partial charge < -0.3 is 21.1 Å². The molecule has 0 bridgehead atoms. The molecule has 176 valence electrons. The van der Waals surface area contributed by atoms with Crippen LogP contribution in [0, 0.1) is 5.41 Å². The van der Waals surface area contributed by atoms with Gasteiger partial charge in [0.05, 0.1) is 5.56 Å². The van der Waals surface area contributed by atoms with Crippen molar-refractivity contribution in [2.24, 2.45) is 5.73 Å². The van der Waals surface area contributed by atoms with E-state index in [4.69, 9.17) is 15.9 Å². The van der Waals surface area contributed by atoms with Crippen molar-refractivity contribution in [2.45, 2.75) is 32.4 Å². The van der Waals surface area contributed by atoms with Crippen molar-refractivity contribution in [3.05, 3.63) is 89.5 Å². The van der Waals surface area contributed by atoms with E-state index in [1.807, 2.05) is 57.2 Å². The van der Waals surface area contributed by atoms with Crippen LogP contribution in [0.3, 0.4) is 0 Å². The Kier molecular flexibility index (Phi) is 7.36. The Morgan fingerprint density at radius 1 is 0.912 bits per heavy atom. The molecule has 7 nitrogen and oxygen atoms in total. The minimum absolute atomic E-state index is 0.0292. The second kappa shape index (κ2) is 10.2. The molecule has 1 amide bonds. The van der Waals surface area contributed by atoms with Crippen molar-refractivity contribution in [1.82, 2.24) is 5.32 Å². The minimum Gasteiger partial charge on any atom is -0.456 e. The van der Waals surface area contributed by atoms with Gasteiger partial charge in [0.1, 0.15) is 17.5 Å². The van der Waals surface area contributed by atoms with Crippen LogP contribution < -0.4 is 16.4 Å². The third-order valence-electron chi connectivity index (χ3n) is 5.12. The number of amides is 1. The number of nitrogens with two attached hydrogens (primary N) is 1. The lowest BCUT2D eigenvalue weighted by molar-refractivity contribution is -0.121. The van der Waals surface area contributed by atoms with Crippen LogP contribution in [0.25, 0.3) is 11.1 Å². The molecule has 0 saturated carbocycles. The number of carbonyl (C=O) groups is 2. The van der Waals surface area contributed by atoms with Gasteiger partial charge in [-0.25, -0.2) is 4.79 Å². The number of anilines is 1. The summed E-state index contributed by atoms with van der Waals surface area (Å²) in [6.07, 6.45) is 0. The van der Waals surface area contributed by atoms with E-state index in [-0.39, 0.29) is 11.7 Å². The molecule has 0 fully saturated rings. The molecule has 34 heavy (non-hydrogen) atoms. The molecule has 1 atom stereocenters. The smallest absolute Gasteiger partial charge is 0.339 e. The summed E-state index contributed by atoms with van der Waals surface area (Å²) in [5.41, 5.74) is 8.73. The Morgan fingerprint density at radius 3 is 2.09 bits per heavy atom. The van der Waals surface area contributed by atoms with Gasteiger partial charge in [-0.3, -0.25) is 10.2 Å². The number of carbonyl (C=O) groups excluding carboxylic acids is 2. The van der Waals surface area contributed by atoms with Gasteiger partial charge in [-0.05, 0) is 67.8 Å². The Morgan fingerprint density at radius 2 is 1.50 bits per heavy atom. The van der Waals surface area contributed by atoms with E-state index in [1.165, 1.54) is 0 Å². The summed E-state index contributed by atoms with van der Waals surface area (Å²) in [4.78, 5) is 25.9. The molecule has 0 spiro atoms. The summed E-state index contributed by atoms with van der Waals surface area (Å²) >= 11 is 0. The first kappa shape index (κ1) is 24.5.